The zero-order valence-electron chi connectivity index (χ0n) is 6.50. The molecule has 2 N–H and O–H groups in total. The molecule has 0 saturated heterocycles. The normalized spacial score (nSPS) is 14.9. The van der Waals surface area contributed by atoms with Gasteiger partial charge < -0.3 is 10.2 Å². The van der Waals surface area contributed by atoms with E-state index in [1.807, 2.05) is 6.07 Å². The van der Waals surface area contributed by atoms with E-state index in [2.05, 4.69) is 0 Å². The van der Waals surface area contributed by atoms with Gasteiger partial charge in [-0.25, -0.2) is 0 Å². The second-order valence-corrected chi connectivity index (χ2v) is 3.39. The van der Waals surface area contributed by atoms with Gasteiger partial charge in [0.15, 0.2) is 6.29 Å². The fourth-order valence-electron chi connectivity index (χ4n) is 0.708. The maximum atomic E-state index is 8.68. The van der Waals surface area contributed by atoms with E-state index in [9.17, 15) is 0 Å². The van der Waals surface area contributed by atoms with Crippen LogP contribution in [0, 0.1) is 22.7 Å². The molecule has 10 heavy (non-hydrogen) atoms. The molecule has 0 heterocycles. The number of aliphatic hydroxyl groups is 2. The quantitative estimate of drug-likeness (QED) is 0.525. The summed E-state index contributed by atoms with van der Waals surface area (Å²) in [6.45, 7) is 5.38. The highest BCUT2D eigenvalue weighted by Crippen LogP contribution is 2.26. The zero-order valence-corrected chi connectivity index (χ0v) is 6.50. The molecule has 0 aliphatic heterocycles. The molecule has 0 aromatic heterocycles. The van der Waals surface area contributed by atoms with E-state index in [1.54, 1.807) is 20.8 Å². The Labute approximate surface area is 60.9 Å². The van der Waals surface area contributed by atoms with Gasteiger partial charge in [0.2, 0.25) is 0 Å². The van der Waals surface area contributed by atoms with Crippen LogP contribution in [-0.2, 0) is 0 Å². The highest BCUT2D eigenvalue weighted by molar-refractivity contribution is 4.92. The van der Waals surface area contributed by atoms with Crippen LogP contribution in [0.4, 0.5) is 0 Å². The molecule has 0 spiro atoms. The Kier molecular flexibility index (Phi) is 2.82. The van der Waals surface area contributed by atoms with Crippen molar-refractivity contribution in [3.63, 3.8) is 0 Å². The molecule has 0 aromatic carbocycles. The van der Waals surface area contributed by atoms with Crippen molar-refractivity contribution in [2.75, 3.05) is 0 Å². The second-order valence-electron chi connectivity index (χ2n) is 3.39. The van der Waals surface area contributed by atoms with Crippen LogP contribution in [-0.4, -0.2) is 16.5 Å². The summed E-state index contributed by atoms with van der Waals surface area (Å²) in [4.78, 5) is 0. The van der Waals surface area contributed by atoms with Gasteiger partial charge in [-0.2, -0.15) is 5.26 Å². The van der Waals surface area contributed by atoms with Crippen LogP contribution in [0.3, 0.4) is 0 Å². The van der Waals surface area contributed by atoms with Gasteiger partial charge in [0.1, 0.15) is 5.92 Å². The van der Waals surface area contributed by atoms with Crippen molar-refractivity contribution in [3.05, 3.63) is 0 Å². The smallest absolute Gasteiger partial charge is 0.167 e. The minimum Gasteiger partial charge on any atom is -0.367 e. The molecular formula is C7H13NO2. The van der Waals surface area contributed by atoms with Gasteiger partial charge in [-0.3, -0.25) is 0 Å². The molecule has 0 fully saturated rings. The Morgan fingerprint density at radius 2 is 1.70 bits per heavy atom. The molecule has 0 aromatic rings. The highest BCUT2D eigenvalue weighted by Gasteiger charge is 2.29. The standard InChI is InChI=1S/C7H13NO2/c1-7(2,3)5(4-8)6(9)10/h5-6,9-10H,1-3H3. The van der Waals surface area contributed by atoms with Crippen LogP contribution in [0.5, 0.6) is 0 Å². The van der Waals surface area contributed by atoms with E-state index in [0.717, 1.165) is 0 Å². The number of rotatable bonds is 1. The van der Waals surface area contributed by atoms with Crippen LogP contribution in [0.15, 0.2) is 0 Å². The molecule has 0 rings (SSSR count). The molecule has 0 amide bonds. The third-order valence-corrected chi connectivity index (χ3v) is 1.37. The monoisotopic (exact) mass is 143 g/mol. The average Bonchev–Trinajstić information content (AvgIpc) is 1.60. The first kappa shape index (κ1) is 9.41. The lowest BCUT2D eigenvalue weighted by Crippen LogP contribution is -2.30. The number of nitrogens with zero attached hydrogens (tertiary/aromatic N) is 1. The molecular weight excluding hydrogens is 130 g/mol. The summed E-state index contributed by atoms with van der Waals surface area (Å²) in [5.74, 6) is -0.715. The van der Waals surface area contributed by atoms with Crippen LogP contribution in [0.2, 0.25) is 0 Å². The fourth-order valence-corrected chi connectivity index (χ4v) is 0.708. The fraction of sp³-hybridized carbons (Fsp3) is 0.857. The first-order chi connectivity index (χ1) is 4.39. The van der Waals surface area contributed by atoms with Crippen LogP contribution in [0.25, 0.3) is 0 Å². The van der Waals surface area contributed by atoms with E-state index in [4.69, 9.17) is 15.5 Å². The minimum absolute atomic E-state index is 0.372. The summed E-state index contributed by atoms with van der Waals surface area (Å²) in [6, 6.07) is 1.84. The third-order valence-electron chi connectivity index (χ3n) is 1.37. The van der Waals surface area contributed by atoms with E-state index in [-0.39, 0.29) is 5.41 Å². The van der Waals surface area contributed by atoms with Gasteiger partial charge in [0.25, 0.3) is 0 Å². The molecule has 1 atom stereocenters. The predicted octanol–water partition coefficient (Wildman–Crippen LogP) is 0.483. The number of hydrogen-bond acceptors (Lipinski definition) is 3. The summed E-state index contributed by atoms with van der Waals surface area (Å²) >= 11 is 0. The molecule has 0 bridgehead atoms. The SMILES string of the molecule is CC(C)(C)C(C#N)C(O)O. The Bertz CT molecular complexity index is 141. The first-order valence-electron chi connectivity index (χ1n) is 3.15. The van der Waals surface area contributed by atoms with Crippen molar-refractivity contribution in [3.8, 4) is 6.07 Å². The van der Waals surface area contributed by atoms with E-state index < -0.39 is 12.2 Å². The van der Waals surface area contributed by atoms with Crippen molar-refractivity contribution in [2.45, 2.75) is 27.1 Å². The van der Waals surface area contributed by atoms with Crippen molar-refractivity contribution in [1.29, 1.82) is 5.26 Å². The minimum atomic E-state index is -1.54. The highest BCUT2D eigenvalue weighted by atomic mass is 16.5. The van der Waals surface area contributed by atoms with Crippen molar-refractivity contribution in [1.82, 2.24) is 0 Å². The van der Waals surface area contributed by atoms with Gasteiger partial charge in [-0.15, -0.1) is 0 Å². The Morgan fingerprint density at radius 3 is 1.70 bits per heavy atom. The first-order valence-corrected chi connectivity index (χ1v) is 3.15. The molecule has 0 saturated carbocycles. The summed E-state index contributed by atoms with van der Waals surface area (Å²) in [5.41, 5.74) is -0.372. The maximum Gasteiger partial charge on any atom is 0.167 e. The maximum absolute atomic E-state index is 8.68. The van der Waals surface area contributed by atoms with Crippen LogP contribution >= 0.6 is 0 Å². The lowest BCUT2D eigenvalue weighted by molar-refractivity contribution is -0.0939. The van der Waals surface area contributed by atoms with Gasteiger partial charge in [-0.05, 0) is 5.41 Å². The topological polar surface area (TPSA) is 64.2 Å². The largest absolute Gasteiger partial charge is 0.367 e. The summed E-state index contributed by atoms with van der Waals surface area (Å²) in [5, 5.41) is 25.8. The van der Waals surface area contributed by atoms with E-state index >= 15 is 0 Å². The Hall–Kier alpha value is -0.590. The van der Waals surface area contributed by atoms with Crippen molar-refractivity contribution >= 4 is 0 Å². The molecule has 0 aliphatic rings. The summed E-state index contributed by atoms with van der Waals surface area (Å²) < 4.78 is 0. The Morgan fingerprint density at radius 1 is 1.30 bits per heavy atom. The number of aliphatic hydroxyl groups excluding tert-OH is 1. The van der Waals surface area contributed by atoms with Crippen molar-refractivity contribution < 1.29 is 10.2 Å². The summed E-state index contributed by atoms with van der Waals surface area (Å²) in [7, 11) is 0. The molecule has 3 nitrogen and oxygen atoms in total. The van der Waals surface area contributed by atoms with Gasteiger partial charge in [0, 0.05) is 0 Å². The number of nitriles is 1. The molecule has 1 unspecified atom stereocenters. The van der Waals surface area contributed by atoms with Gasteiger partial charge in [0.05, 0.1) is 6.07 Å². The number of hydrogen-bond donors (Lipinski definition) is 2. The van der Waals surface area contributed by atoms with Gasteiger partial charge >= 0.3 is 0 Å². The van der Waals surface area contributed by atoms with Gasteiger partial charge in [-0.1, -0.05) is 20.8 Å². The van der Waals surface area contributed by atoms with E-state index in [1.165, 1.54) is 0 Å². The molecule has 58 valence electrons. The lowest BCUT2D eigenvalue weighted by atomic mass is 9.81. The lowest BCUT2D eigenvalue weighted by Gasteiger charge is -2.25. The van der Waals surface area contributed by atoms with E-state index in [0.29, 0.717) is 0 Å². The Balaban J connectivity index is 4.26. The second kappa shape index (κ2) is 3.00. The predicted molar refractivity (Wildman–Crippen MR) is 36.8 cm³/mol. The molecule has 3 heteroatoms. The molecule has 0 aliphatic carbocycles. The van der Waals surface area contributed by atoms with Crippen LogP contribution < -0.4 is 0 Å². The molecule has 0 radical (unpaired) electrons. The zero-order chi connectivity index (χ0) is 8.36. The third kappa shape index (κ3) is 2.34. The van der Waals surface area contributed by atoms with Crippen LogP contribution in [0.1, 0.15) is 20.8 Å². The summed E-state index contributed by atoms with van der Waals surface area (Å²) in [6.07, 6.45) is -1.54. The van der Waals surface area contributed by atoms with Crippen molar-refractivity contribution in [2.24, 2.45) is 11.3 Å². The average molecular weight is 143 g/mol.